The van der Waals surface area contributed by atoms with Crippen molar-refractivity contribution in [2.75, 3.05) is 6.54 Å². The molecule has 0 aliphatic rings. The zero-order valence-electron chi connectivity index (χ0n) is 11.6. The average molecular weight is 327 g/mol. The van der Waals surface area contributed by atoms with Crippen molar-refractivity contribution in [2.45, 2.75) is 51.9 Å². The summed E-state index contributed by atoms with van der Waals surface area (Å²) < 4.78 is 0.830. The third kappa shape index (κ3) is 7.31. The number of halogens is 1. The lowest BCUT2D eigenvalue weighted by Crippen LogP contribution is -2.24. The monoisotopic (exact) mass is 326 g/mol. The van der Waals surface area contributed by atoms with E-state index < -0.39 is 0 Å². The molecule has 106 valence electrons. The van der Waals surface area contributed by atoms with E-state index in [1.807, 2.05) is 0 Å². The van der Waals surface area contributed by atoms with Gasteiger partial charge in [0, 0.05) is 23.4 Å². The van der Waals surface area contributed by atoms with Crippen LogP contribution in [0.1, 0.15) is 62.2 Å². The Morgan fingerprint density at radius 3 is 2.53 bits per heavy atom. The third-order valence-electron chi connectivity index (χ3n) is 3.03. The number of nitrogens with one attached hydrogen (secondary N) is 1. The molecule has 19 heavy (non-hydrogen) atoms. The van der Waals surface area contributed by atoms with Gasteiger partial charge >= 0.3 is 0 Å². The van der Waals surface area contributed by atoms with Crippen molar-refractivity contribution in [3.8, 4) is 0 Å². The molecular weight excluding hydrogens is 304 g/mol. The first-order valence-corrected chi connectivity index (χ1v) is 7.92. The van der Waals surface area contributed by atoms with E-state index in [1.54, 1.807) is 18.5 Å². The predicted octanol–water partition coefficient (Wildman–Crippen LogP) is 4.32. The van der Waals surface area contributed by atoms with Gasteiger partial charge in [0.25, 0.3) is 5.91 Å². The van der Waals surface area contributed by atoms with Crippen LogP contribution in [-0.4, -0.2) is 17.4 Å². The van der Waals surface area contributed by atoms with Crippen LogP contribution in [0.3, 0.4) is 0 Å². The first kappa shape index (κ1) is 16.2. The Morgan fingerprint density at radius 2 is 1.84 bits per heavy atom. The second-order valence-electron chi connectivity index (χ2n) is 4.77. The number of aromatic nitrogens is 1. The summed E-state index contributed by atoms with van der Waals surface area (Å²) in [7, 11) is 0. The molecule has 0 radical (unpaired) electrons. The lowest BCUT2D eigenvalue weighted by Gasteiger charge is -2.05. The van der Waals surface area contributed by atoms with Crippen LogP contribution in [0.15, 0.2) is 22.9 Å². The molecule has 0 atom stereocenters. The highest BCUT2D eigenvalue weighted by molar-refractivity contribution is 9.10. The van der Waals surface area contributed by atoms with Crippen LogP contribution in [0.25, 0.3) is 0 Å². The van der Waals surface area contributed by atoms with Gasteiger partial charge in [0.2, 0.25) is 0 Å². The minimum Gasteiger partial charge on any atom is -0.352 e. The van der Waals surface area contributed by atoms with E-state index in [0.717, 1.165) is 17.4 Å². The fraction of sp³-hybridized carbons (Fsp3) is 0.600. The zero-order chi connectivity index (χ0) is 13.9. The molecule has 1 heterocycles. The maximum atomic E-state index is 11.8. The molecule has 1 N–H and O–H groups in total. The smallest absolute Gasteiger partial charge is 0.252 e. The molecule has 0 saturated carbocycles. The van der Waals surface area contributed by atoms with Gasteiger partial charge in [-0.2, -0.15) is 0 Å². The first-order chi connectivity index (χ1) is 9.24. The lowest BCUT2D eigenvalue weighted by atomic mass is 10.1. The minimum absolute atomic E-state index is 0.0419. The second-order valence-corrected chi connectivity index (χ2v) is 5.68. The van der Waals surface area contributed by atoms with Gasteiger partial charge in [-0.1, -0.05) is 45.4 Å². The summed E-state index contributed by atoms with van der Waals surface area (Å²) in [5, 5.41) is 2.93. The van der Waals surface area contributed by atoms with E-state index in [4.69, 9.17) is 0 Å². The zero-order valence-corrected chi connectivity index (χ0v) is 13.2. The maximum absolute atomic E-state index is 11.8. The molecular formula is C15H23BrN2O. The van der Waals surface area contributed by atoms with Crippen molar-refractivity contribution in [3.63, 3.8) is 0 Å². The van der Waals surface area contributed by atoms with Gasteiger partial charge in [-0.15, -0.1) is 0 Å². The first-order valence-electron chi connectivity index (χ1n) is 7.12. The highest BCUT2D eigenvalue weighted by atomic mass is 79.9. The SMILES string of the molecule is CCCCCCCCCNC(=O)c1cncc(Br)c1. The lowest BCUT2D eigenvalue weighted by molar-refractivity contribution is 0.0952. The van der Waals surface area contributed by atoms with Crippen LogP contribution in [-0.2, 0) is 0 Å². The van der Waals surface area contributed by atoms with E-state index in [-0.39, 0.29) is 5.91 Å². The van der Waals surface area contributed by atoms with Crippen molar-refractivity contribution in [1.82, 2.24) is 10.3 Å². The summed E-state index contributed by atoms with van der Waals surface area (Å²) in [6.07, 6.45) is 12.1. The fourth-order valence-corrected chi connectivity index (χ4v) is 2.29. The number of carbonyl (C=O) groups excluding carboxylic acids is 1. The van der Waals surface area contributed by atoms with Crippen LogP contribution >= 0.6 is 15.9 Å². The van der Waals surface area contributed by atoms with Gasteiger partial charge in [-0.05, 0) is 28.4 Å². The van der Waals surface area contributed by atoms with Crippen LogP contribution < -0.4 is 5.32 Å². The largest absolute Gasteiger partial charge is 0.352 e. The van der Waals surface area contributed by atoms with E-state index in [2.05, 4.69) is 33.2 Å². The van der Waals surface area contributed by atoms with Gasteiger partial charge in [0.1, 0.15) is 0 Å². The van der Waals surface area contributed by atoms with Gasteiger partial charge in [0.15, 0.2) is 0 Å². The molecule has 0 bridgehead atoms. The van der Waals surface area contributed by atoms with Gasteiger partial charge in [-0.25, -0.2) is 0 Å². The summed E-state index contributed by atoms with van der Waals surface area (Å²) in [6, 6.07) is 1.78. The van der Waals surface area contributed by atoms with Crippen molar-refractivity contribution >= 4 is 21.8 Å². The highest BCUT2D eigenvalue weighted by Crippen LogP contribution is 2.09. The van der Waals surface area contributed by atoms with Gasteiger partial charge in [0.05, 0.1) is 5.56 Å². The molecule has 0 unspecified atom stereocenters. The van der Waals surface area contributed by atoms with Crippen molar-refractivity contribution < 1.29 is 4.79 Å². The quantitative estimate of drug-likeness (QED) is 0.686. The molecule has 1 aromatic heterocycles. The molecule has 1 rings (SSSR count). The summed E-state index contributed by atoms with van der Waals surface area (Å²) >= 11 is 3.31. The molecule has 0 fully saturated rings. The molecule has 0 aromatic carbocycles. The Kier molecular flexibility index (Phi) is 8.47. The van der Waals surface area contributed by atoms with Gasteiger partial charge < -0.3 is 5.32 Å². The van der Waals surface area contributed by atoms with Crippen LogP contribution in [0.2, 0.25) is 0 Å². The minimum atomic E-state index is -0.0419. The highest BCUT2D eigenvalue weighted by Gasteiger charge is 2.05. The molecule has 0 spiro atoms. The molecule has 3 nitrogen and oxygen atoms in total. The number of carbonyl (C=O) groups is 1. The van der Waals surface area contributed by atoms with E-state index in [9.17, 15) is 4.79 Å². The summed E-state index contributed by atoms with van der Waals surface area (Å²) in [5.74, 6) is -0.0419. The van der Waals surface area contributed by atoms with Crippen LogP contribution in [0.5, 0.6) is 0 Å². The number of amides is 1. The van der Waals surface area contributed by atoms with Gasteiger partial charge in [-0.3, -0.25) is 9.78 Å². The van der Waals surface area contributed by atoms with Crippen LogP contribution in [0.4, 0.5) is 0 Å². The number of unbranched alkanes of at least 4 members (excludes halogenated alkanes) is 6. The Balaban J connectivity index is 2.08. The average Bonchev–Trinajstić information content (AvgIpc) is 2.41. The number of pyridine rings is 1. The normalized spacial score (nSPS) is 10.4. The number of hydrogen-bond donors (Lipinski definition) is 1. The maximum Gasteiger partial charge on any atom is 0.252 e. The van der Waals surface area contributed by atoms with Crippen LogP contribution in [0, 0.1) is 0 Å². The standard InChI is InChI=1S/C15H23BrN2O/c1-2-3-4-5-6-7-8-9-18-15(19)13-10-14(16)12-17-11-13/h10-12H,2-9H2,1H3,(H,18,19). The summed E-state index contributed by atoms with van der Waals surface area (Å²) in [6.45, 7) is 2.98. The third-order valence-corrected chi connectivity index (χ3v) is 3.47. The number of rotatable bonds is 9. The Hall–Kier alpha value is -0.900. The Bertz CT molecular complexity index is 382. The van der Waals surface area contributed by atoms with Crippen molar-refractivity contribution in [3.05, 3.63) is 28.5 Å². The molecule has 0 aliphatic heterocycles. The fourth-order valence-electron chi connectivity index (χ4n) is 1.92. The molecule has 1 amide bonds. The summed E-state index contributed by atoms with van der Waals surface area (Å²) in [4.78, 5) is 15.8. The Labute approximate surface area is 124 Å². The topological polar surface area (TPSA) is 42.0 Å². The van der Waals surface area contributed by atoms with Crippen molar-refractivity contribution in [2.24, 2.45) is 0 Å². The number of hydrogen-bond acceptors (Lipinski definition) is 2. The predicted molar refractivity (Wildman–Crippen MR) is 82.3 cm³/mol. The van der Waals surface area contributed by atoms with E-state index in [1.165, 1.54) is 38.5 Å². The molecule has 0 saturated heterocycles. The molecule has 0 aliphatic carbocycles. The molecule has 1 aromatic rings. The second kappa shape index (κ2) is 9.96. The number of nitrogens with zero attached hydrogens (tertiary/aromatic N) is 1. The van der Waals surface area contributed by atoms with E-state index in [0.29, 0.717) is 5.56 Å². The summed E-state index contributed by atoms with van der Waals surface area (Å²) in [5.41, 5.74) is 0.609. The van der Waals surface area contributed by atoms with E-state index >= 15 is 0 Å². The van der Waals surface area contributed by atoms with Crippen molar-refractivity contribution in [1.29, 1.82) is 0 Å². The Morgan fingerprint density at radius 1 is 1.16 bits per heavy atom. The molecule has 4 heteroatoms.